The Balaban J connectivity index is 1.60. The van der Waals surface area contributed by atoms with Gasteiger partial charge in [-0.3, -0.25) is 9.69 Å². The molecule has 1 aromatic rings. The first-order valence-corrected chi connectivity index (χ1v) is 13.4. The minimum Gasteiger partial charge on any atom is -0.493 e. The second kappa shape index (κ2) is 12.1. The molecular formula is C28H37N3O9. The maximum atomic E-state index is 13.6. The lowest BCUT2D eigenvalue weighted by molar-refractivity contribution is -0.150. The van der Waals surface area contributed by atoms with E-state index in [-0.39, 0.29) is 32.7 Å². The summed E-state index contributed by atoms with van der Waals surface area (Å²) >= 11 is 0. The highest BCUT2D eigenvalue weighted by Gasteiger charge is 2.46. The molecular weight excluding hydrogens is 522 g/mol. The molecule has 12 nitrogen and oxygen atoms in total. The molecule has 0 aromatic heterocycles. The van der Waals surface area contributed by atoms with Gasteiger partial charge in [0.2, 0.25) is 5.91 Å². The van der Waals surface area contributed by atoms with E-state index in [0.717, 1.165) is 11.1 Å². The van der Waals surface area contributed by atoms with E-state index in [9.17, 15) is 24.3 Å². The molecule has 1 fully saturated rings. The van der Waals surface area contributed by atoms with Crippen molar-refractivity contribution < 1.29 is 43.2 Å². The number of aliphatic carboxylic acids is 1. The van der Waals surface area contributed by atoms with Gasteiger partial charge >= 0.3 is 18.2 Å². The number of carboxylic acids is 1. The normalized spacial score (nSPS) is 25.2. The van der Waals surface area contributed by atoms with Crippen LogP contribution < -0.4 is 14.8 Å². The van der Waals surface area contributed by atoms with E-state index in [1.807, 2.05) is 18.2 Å². The Morgan fingerprint density at radius 2 is 1.90 bits per heavy atom. The molecule has 40 heavy (non-hydrogen) atoms. The van der Waals surface area contributed by atoms with Crippen LogP contribution in [0.4, 0.5) is 9.59 Å². The SMILES string of the molecule is COc1ccc2c3c1OC/C=C/CCCOC(=O)N[C@@H](C(C)(C)C)C(=O)N1C[C@@H](CC1C(=O)O)OC(=O)N(C2)C3. The Morgan fingerprint density at radius 3 is 2.60 bits per heavy atom. The Morgan fingerprint density at radius 1 is 1.12 bits per heavy atom. The first-order chi connectivity index (χ1) is 19.0. The van der Waals surface area contributed by atoms with Crippen molar-refractivity contribution in [2.45, 2.75) is 71.3 Å². The summed E-state index contributed by atoms with van der Waals surface area (Å²) in [6.45, 7) is 6.13. The van der Waals surface area contributed by atoms with E-state index in [4.69, 9.17) is 18.9 Å². The smallest absolute Gasteiger partial charge is 0.410 e. The van der Waals surface area contributed by atoms with Gasteiger partial charge in [-0.25, -0.2) is 14.4 Å². The van der Waals surface area contributed by atoms with Crippen molar-refractivity contribution in [1.82, 2.24) is 15.1 Å². The molecule has 3 aliphatic rings. The van der Waals surface area contributed by atoms with Crippen LogP contribution in [0.15, 0.2) is 24.3 Å². The molecule has 2 N–H and O–H groups in total. The molecule has 4 rings (SSSR count). The van der Waals surface area contributed by atoms with Crippen LogP contribution >= 0.6 is 0 Å². The molecule has 1 unspecified atom stereocenters. The van der Waals surface area contributed by atoms with Crippen molar-refractivity contribution >= 4 is 24.1 Å². The Hall–Kier alpha value is -3.96. The molecule has 0 saturated carbocycles. The third-order valence-electron chi connectivity index (χ3n) is 7.22. The number of nitrogens with zero attached hydrogens (tertiary/aromatic N) is 2. The number of amides is 3. The van der Waals surface area contributed by atoms with Crippen LogP contribution in [0.2, 0.25) is 0 Å². The van der Waals surface area contributed by atoms with E-state index in [1.54, 1.807) is 33.9 Å². The van der Waals surface area contributed by atoms with Crippen LogP contribution in [0.5, 0.6) is 11.5 Å². The van der Waals surface area contributed by atoms with E-state index in [2.05, 4.69) is 5.32 Å². The molecule has 0 spiro atoms. The maximum Gasteiger partial charge on any atom is 0.410 e. The maximum absolute atomic E-state index is 13.6. The van der Waals surface area contributed by atoms with Gasteiger partial charge in [-0.15, -0.1) is 0 Å². The molecule has 0 aliphatic carbocycles. The van der Waals surface area contributed by atoms with Crippen LogP contribution in [0, 0.1) is 5.41 Å². The van der Waals surface area contributed by atoms with Gasteiger partial charge in [0.25, 0.3) is 0 Å². The lowest BCUT2D eigenvalue weighted by atomic mass is 9.85. The van der Waals surface area contributed by atoms with Gasteiger partial charge in [0, 0.05) is 18.5 Å². The standard InChI is InChI=1S/C28H37N3O9/c1-28(2,3)23-24(32)31-15-18(13-20(31)25(33)34)40-27(36)30-14-17-9-10-21(37-4)22(19(17)16-30)38-11-7-5-6-8-12-39-26(35)29-23/h5,7,9-10,18,20,23H,6,8,11-16H2,1-4H3,(H,29,35)(H,33,34)/b7-5+/t18-,20?,23-/m1/s1. The molecule has 1 saturated heterocycles. The monoisotopic (exact) mass is 559 g/mol. The number of alkyl carbamates (subject to hydrolysis) is 1. The Labute approximate surface area is 233 Å². The van der Waals surface area contributed by atoms with Gasteiger partial charge in [-0.1, -0.05) is 39.0 Å². The zero-order valence-corrected chi connectivity index (χ0v) is 23.3. The molecule has 0 radical (unpaired) electrons. The van der Waals surface area contributed by atoms with Gasteiger partial charge in [0.1, 0.15) is 24.8 Å². The zero-order valence-electron chi connectivity index (χ0n) is 23.3. The average molecular weight is 560 g/mol. The highest BCUT2D eigenvalue weighted by Crippen LogP contribution is 2.39. The van der Waals surface area contributed by atoms with E-state index < -0.39 is 47.7 Å². The third kappa shape index (κ3) is 6.43. The fourth-order valence-electron chi connectivity index (χ4n) is 5.10. The number of ether oxygens (including phenoxy) is 4. The summed E-state index contributed by atoms with van der Waals surface area (Å²) in [4.78, 5) is 54.1. The Kier molecular flexibility index (Phi) is 8.75. The van der Waals surface area contributed by atoms with Gasteiger partial charge in [-0.05, 0) is 29.9 Å². The summed E-state index contributed by atoms with van der Waals surface area (Å²) in [6, 6.07) is 1.40. The van der Waals surface area contributed by atoms with E-state index >= 15 is 0 Å². The number of methoxy groups -OCH3 is 1. The van der Waals surface area contributed by atoms with Crippen LogP contribution in [0.1, 0.15) is 51.2 Å². The fourth-order valence-corrected chi connectivity index (χ4v) is 5.10. The zero-order chi connectivity index (χ0) is 29.0. The number of carbonyl (C=O) groups is 4. The van der Waals surface area contributed by atoms with Crippen LogP contribution in [0.3, 0.4) is 0 Å². The van der Waals surface area contributed by atoms with E-state index in [0.29, 0.717) is 30.9 Å². The molecule has 3 aliphatic heterocycles. The number of carboxylic acid groups (broad SMARTS) is 1. The minimum absolute atomic E-state index is 0.0660. The molecule has 4 bridgehead atoms. The molecule has 1 aromatic carbocycles. The fraction of sp³-hybridized carbons (Fsp3) is 0.571. The predicted octanol–water partition coefficient (Wildman–Crippen LogP) is 3.07. The topological polar surface area (TPSA) is 144 Å². The number of nitrogens with one attached hydrogen (secondary N) is 1. The van der Waals surface area contributed by atoms with Crippen molar-refractivity contribution in [3.05, 3.63) is 35.4 Å². The number of allylic oxidation sites excluding steroid dienone is 1. The molecule has 3 heterocycles. The number of fused-ring (bicyclic) bond motifs is 3. The summed E-state index contributed by atoms with van der Waals surface area (Å²) < 4.78 is 22.5. The summed E-state index contributed by atoms with van der Waals surface area (Å²) in [5, 5.41) is 12.5. The third-order valence-corrected chi connectivity index (χ3v) is 7.22. The van der Waals surface area contributed by atoms with Crippen molar-refractivity contribution in [3.63, 3.8) is 0 Å². The van der Waals surface area contributed by atoms with Crippen molar-refractivity contribution in [2.24, 2.45) is 5.41 Å². The first-order valence-electron chi connectivity index (χ1n) is 13.4. The quantitative estimate of drug-likeness (QED) is 0.523. The predicted molar refractivity (Wildman–Crippen MR) is 142 cm³/mol. The summed E-state index contributed by atoms with van der Waals surface area (Å²) in [7, 11) is 1.55. The van der Waals surface area contributed by atoms with Crippen LogP contribution in [-0.4, -0.2) is 84.0 Å². The van der Waals surface area contributed by atoms with Crippen molar-refractivity contribution in [1.29, 1.82) is 0 Å². The highest BCUT2D eigenvalue weighted by molar-refractivity contribution is 5.90. The van der Waals surface area contributed by atoms with Crippen molar-refractivity contribution in [2.75, 3.05) is 26.9 Å². The Bertz CT molecular complexity index is 1180. The number of carbonyl (C=O) groups excluding carboxylic acids is 3. The molecule has 218 valence electrons. The molecule has 12 heteroatoms. The largest absolute Gasteiger partial charge is 0.493 e. The second-order valence-corrected chi connectivity index (χ2v) is 11.2. The second-order valence-electron chi connectivity index (χ2n) is 11.2. The number of benzene rings is 1. The molecule has 3 atom stereocenters. The summed E-state index contributed by atoms with van der Waals surface area (Å²) in [5.74, 6) is -0.704. The lowest BCUT2D eigenvalue weighted by Gasteiger charge is -2.34. The van der Waals surface area contributed by atoms with Crippen LogP contribution in [0.25, 0.3) is 0 Å². The lowest BCUT2D eigenvalue weighted by Crippen LogP contribution is -2.57. The first kappa shape index (κ1) is 29.0. The molecule has 3 amide bonds. The van der Waals surface area contributed by atoms with E-state index in [1.165, 1.54) is 9.80 Å². The number of cyclic esters (lactones) is 1. The highest BCUT2D eigenvalue weighted by atomic mass is 16.6. The number of hydrogen-bond donors (Lipinski definition) is 2. The minimum atomic E-state index is -1.22. The summed E-state index contributed by atoms with van der Waals surface area (Å²) in [5.41, 5.74) is 0.964. The average Bonchev–Trinajstić information content (AvgIpc) is 3.52. The van der Waals surface area contributed by atoms with Crippen molar-refractivity contribution in [3.8, 4) is 11.5 Å². The van der Waals surface area contributed by atoms with Gasteiger partial charge < -0.3 is 34.3 Å². The van der Waals surface area contributed by atoms with Gasteiger partial charge in [0.05, 0.1) is 26.8 Å². The number of rotatable bonds is 2. The van der Waals surface area contributed by atoms with Crippen LogP contribution in [-0.2, 0) is 32.2 Å². The van der Waals surface area contributed by atoms with Gasteiger partial charge in [0.15, 0.2) is 11.5 Å². The van der Waals surface area contributed by atoms with Gasteiger partial charge in [-0.2, -0.15) is 0 Å². The summed E-state index contributed by atoms with van der Waals surface area (Å²) in [6.07, 6.45) is 2.69. The number of hydrogen-bond acceptors (Lipinski definition) is 8.